The fourth-order valence-electron chi connectivity index (χ4n) is 2.61. The van der Waals surface area contributed by atoms with Gasteiger partial charge in [-0.2, -0.15) is 0 Å². The summed E-state index contributed by atoms with van der Waals surface area (Å²) in [6.07, 6.45) is 3.04. The lowest BCUT2D eigenvalue weighted by Crippen LogP contribution is -2.55. The molecule has 2 heterocycles. The first-order chi connectivity index (χ1) is 8.10. The van der Waals surface area contributed by atoms with Crippen molar-refractivity contribution in [2.45, 2.75) is 24.8 Å². The topological polar surface area (TPSA) is 67.6 Å². The molecule has 0 radical (unpaired) electrons. The maximum Gasteiger partial charge on any atom is 0.242 e. The third-order valence-electron chi connectivity index (χ3n) is 3.78. The molecule has 2 aliphatic heterocycles. The fraction of sp³-hybridized carbons (Fsp3) is 0.917. The van der Waals surface area contributed by atoms with Crippen LogP contribution in [0.1, 0.15) is 19.3 Å². The van der Waals surface area contributed by atoms with Crippen LogP contribution in [0.4, 0.5) is 0 Å². The van der Waals surface area contributed by atoms with E-state index in [1.165, 1.54) is 19.4 Å². The second-order valence-corrected chi connectivity index (χ2v) is 5.44. The Morgan fingerprint density at radius 3 is 3.12 bits per heavy atom. The molecule has 0 saturated carbocycles. The first-order valence-corrected chi connectivity index (χ1v) is 6.44. The molecule has 2 fully saturated rings. The molecule has 0 spiro atoms. The molecule has 0 aliphatic carbocycles. The summed E-state index contributed by atoms with van der Waals surface area (Å²) in [5.74, 6) is 0.506. The second kappa shape index (κ2) is 5.33. The Kier molecular flexibility index (Phi) is 4.01. The van der Waals surface area contributed by atoms with Crippen molar-refractivity contribution in [1.29, 1.82) is 0 Å². The van der Waals surface area contributed by atoms with Gasteiger partial charge in [0.1, 0.15) is 5.54 Å². The average Bonchev–Trinajstić information content (AvgIpc) is 2.74. The summed E-state index contributed by atoms with van der Waals surface area (Å²) in [5, 5.41) is 2.98. The van der Waals surface area contributed by atoms with Crippen LogP contribution in [0.15, 0.2) is 0 Å². The number of amides is 1. The second-order valence-electron chi connectivity index (χ2n) is 5.44. The molecule has 3 N–H and O–H groups in total. The van der Waals surface area contributed by atoms with E-state index in [-0.39, 0.29) is 5.91 Å². The molecule has 98 valence electrons. The number of ether oxygens (including phenoxy) is 1. The van der Waals surface area contributed by atoms with Crippen molar-refractivity contribution in [1.82, 2.24) is 10.2 Å². The Morgan fingerprint density at radius 1 is 1.65 bits per heavy atom. The maximum absolute atomic E-state index is 12.0. The predicted octanol–water partition coefficient (Wildman–Crippen LogP) is -0.438. The third kappa shape index (κ3) is 3.18. The SMILES string of the molecule is CN1CCCC(CNC(=O)C2(N)CCOC2)C1. The Bertz CT molecular complexity index is 277. The molecule has 0 aromatic heterocycles. The summed E-state index contributed by atoms with van der Waals surface area (Å²) in [6.45, 7) is 3.91. The lowest BCUT2D eigenvalue weighted by Gasteiger charge is -2.30. The molecule has 0 bridgehead atoms. The summed E-state index contributed by atoms with van der Waals surface area (Å²) in [4.78, 5) is 14.3. The standard InChI is InChI=1S/C12H23N3O2/c1-15-5-2-3-10(8-15)7-14-11(16)12(13)4-6-17-9-12/h10H,2-9,13H2,1H3,(H,14,16). The molecule has 5 nitrogen and oxygen atoms in total. The van der Waals surface area contributed by atoms with Crippen LogP contribution in [0.3, 0.4) is 0 Å². The molecule has 0 aromatic rings. The normalized spacial score (nSPS) is 34.8. The number of hydrogen-bond donors (Lipinski definition) is 2. The van der Waals surface area contributed by atoms with E-state index < -0.39 is 5.54 Å². The van der Waals surface area contributed by atoms with Gasteiger partial charge in [-0.05, 0) is 38.8 Å². The van der Waals surface area contributed by atoms with E-state index in [0.29, 0.717) is 25.6 Å². The molecule has 2 unspecified atom stereocenters. The maximum atomic E-state index is 12.0. The van der Waals surface area contributed by atoms with Gasteiger partial charge in [0, 0.05) is 19.7 Å². The number of carbonyl (C=O) groups is 1. The highest BCUT2D eigenvalue weighted by Gasteiger charge is 2.38. The summed E-state index contributed by atoms with van der Waals surface area (Å²) >= 11 is 0. The van der Waals surface area contributed by atoms with Crippen molar-refractivity contribution >= 4 is 5.91 Å². The molecular formula is C12H23N3O2. The first kappa shape index (κ1) is 12.8. The van der Waals surface area contributed by atoms with Crippen molar-refractivity contribution < 1.29 is 9.53 Å². The molecule has 2 aliphatic rings. The van der Waals surface area contributed by atoms with Crippen molar-refractivity contribution in [3.05, 3.63) is 0 Å². The fourth-order valence-corrected chi connectivity index (χ4v) is 2.61. The summed E-state index contributed by atoms with van der Waals surface area (Å²) in [6, 6.07) is 0. The number of nitrogens with zero attached hydrogens (tertiary/aromatic N) is 1. The largest absolute Gasteiger partial charge is 0.379 e. The van der Waals surface area contributed by atoms with Gasteiger partial charge in [-0.1, -0.05) is 0 Å². The number of nitrogens with two attached hydrogens (primary N) is 1. The Labute approximate surface area is 103 Å². The average molecular weight is 241 g/mol. The van der Waals surface area contributed by atoms with Crippen LogP contribution in [0, 0.1) is 5.92 Å². The van der Waals surface area contributed by atoms with Crippen LogP contribution >= 0.6 is 0 Å². The minimum Gasteiger partial charge on any atom is -0.379 e. The van der Waals surface area contributed by atoms with Crippen LogP contribution in [-0.4, -0.2) is 56.2 Å². The van der Waals surface area contributed by atoms with Gasteiger partial charge in [-0.25, -0.2) is 0 Å². The van der Waals surface area contributed by atoms with Crippen LogP contribution in [0.5, 0.6) is 0 Å². The lowest BCUT2D eigenvalue weighted by molar-refractivity contribution is -0.126. The highest BCUT2D eigenvalue weighted by molar-refractivity contribution is 5.86. The minimum absolute atomic E-state index is 0.0526. The number of hydrogen-bond acceptors (Lipinski definition) is 4. The molecular weight excluding hydrogens is 218 g/mol. The van der Waals surface area contributed by atoms with Crippen molar-refractivity contribution in [3.63, 3.8) is 0 Å². The molecule has 0 aromatic carbocycles. The molecule has 5 heteroatoms. The van der Waals surface area contributed by atoms with Gasteiger partial charge in [-0.15, -0.1) is 0 Å². The Balaban J connectivity index is 1.75. The molecule has 2 saturated heterocycles. The summed E-state index contributed by atoms with van der Waals surface area (Å²) < 4.78 is 5.20. The van der Waals surface area contributed by atoms with E-state index in [2.05, 4.69) is 17.3 Å². The van der Waals surface area contributed by atoms with Crippen LogP contribution in [0.25, 0.3) is 0 Å². The van der Waals surface area contributed by atoms with Gasteiger partial charge in [0.25, 0.3) is 0 Å². The van der Waals surface area contributed by atoms with Crippen LogP contribution in [0.2, 0.25) is 0 Å². The molecule has 2 rings (SSSR count). The Morgan fingerprint density at radius 2 is 2.47 bits per heavy atom. The van der Waals surface area contributed by atoms with E-state index in [9.17, 15) is 4.79 Å². The highest BCUT2D eigenvalue weighted by Crippen LogP contribution is 2.17. The van der Waals surface area contributed by atoms with E-state index in [1.807, 2.05) is 0 Å². The quantitative estimate of drug-likeness (QED) is 0.703. The molecule has 17 heavy (non-hydrogen) atoms. The van der Waals surface area contributed by atoms with Crippen molar-refractivity contribution in [2.75, 3.05) is 39.9 Å². The van der Waals surface area contributed by atoms with E-state index in [4.69, 9.17) is 10.5 Å². The van der Waals surface area contributed by atoms with E-state index in [1.54, 1.807) is 0 Å². The van der Waals surface area contributed by atoms with Gasteiger partial charge < -0.3 is 20.7 Å². The molecule has 2 atom stereocenters. The van der Waals surface area contributed by atoms with Gasteiger partial charge >= 0.3 is 0 Å². The zero-order chi connectivity index (χ0) is 12.3. The number of nitrogens with one attached hydrogen (secondary N) is 1. The summed E-state index contributed by atoms with van der Waals surface area (Å²) in [5.41, 5.74) is 5.21. The highest BCUT2D eigenvalue weighted by atomic mass is 16.5. The molecule has 1 amide bonds. The minimum atomic E-state index is -0.791. The van der Waals surface area contributed by atoms with Crippen molar-refractivity contribution in [2.24, 2.45) is 11.7 Å². The van der Waals surface area contributed by atoms with E-state index >= 15 is 0 Å². The van der Waals surface area contributed by atoms with Gasteiger partial charge in [0.05, 0.1) is 6.61 Å². The van der Waals surface area contributed by atoms with E-state index in [0.717, 1.165) is 13.1 Å². The lowest BCUT2D eigenvalue weighted by atomic mass is 9.96. The number of rotatable bonds is 3. The van der Waals surface area contributed by atoms with Gasteiger partial charge in [0.2, 0.25) is 5.91 Å². The number of likely N-dealkylation sites (tertiary alicyclic amines) is 1. The van der Waals surface area contributed by atoms with Gasteiger partial charge in [0.15, 0.2) is 0 Å². The third-order valence-corrected chi connectivity index (χ3v) is 3.78. The number of piperidine rings is 1. The zero-order valence-electron chi connectivity index (χ0n) is 10.6. The summed E-state index contributed by atoms with van der Waals surface area (Å²) in [7, 11) is 2.13. The Hall–Kier alpha value is -0.650. The monoisotopic (exact) mass is 241 g/mol. The predicted molar refractivity (Wildman–Crippen MR) is 65.6 cm³/mol. The van der Waals surface area contributed by atoms with Crippen LogP contribution < -0.4 is 11.1 Å². The smallest absolute Gasteiger partial charge is 0.242 e. The van der Waals surface area contributed by atoms with Gasteiger partial charge in [-0.3, -0.25) is 4.79 Å². The van der Waals surface area contributed by atoms with Crippen molar-refractivity contribution in [3.8, 4) is 0 Å². The zero-order valence-corrected chi connectivity index (χ0v) is 10.6. The number of carbonyl (C=O) groups excluding carboxylic acids is 1. The first-order valence-electron chi connectivity index (χ1n) is 6.44. The van der Waals surface area contributed by atoms with Crippen LogP contribution in [-0.2, 0) is 9.53 Å².